The zero-order chi connectivity index (χ0) is 8.55. The first-order valence-electron chi connectivity index (χ1n) is 4.68. The van der Waals surface area contributed by atoms with Gasteiger partial charge in [-0.2, -0.15) is 0 Å². The Bertz CT molecular complexity index is 196. The average Bonchev–Trinajstić information content (AvgIpc) is 2.07. The fourth-order valence-corrected chi connectivity index (χ4v) is 2.10. The zero-order valence-electron chi connectivity index (χ0n) is 7.40. The van der Waals surface area contributed by atoms with Gasteiger partial charge in [-0.05, 0) is 12.8 Å². The standard InChI is InChI=1S/C10H16N2/c1-7-8(2)12-10-6-4-3-5-9(10)11-7/h9-12H,1-6H2. The largest absolute Gasteiger partial charge is 0.379 e. The monoisotopic (exact) mass is 164 g/mol. The lowest BCUT2D eigenvalue weighted by Gasteiger charge is -2.40. The van der Waals surface area contributed by atoms with E-state index >= 15 is 0 Å². The summed E-state index contributed by atoms with van der Waals surface area (Å²) in [6.45, 7) is 7.83. The molecule has 0 aromatic heterocycles. The molecule has 0 bridgehead atoms. The summed E-state index contributed by atoms with van der Waals surface area (Å²) in [6, 6.07) is 1.19. The first kappa shape index (κ1) is 7.71. The molecule has 0 amide bonds. The van der Waals surface area contributed by atoms with Gasteiger partial charge in [0.1, 0.15) is 0 Å². The summed E-state index contributed by atoms with van der Waals surface area (Å²) in [4.78, 5) is 0. The van der Waals surface area contributed by atoms with Gasteiger partial charge < -0.3 is 10.6 Å². The molecule has 1 saturated carbocycles. The average molecular weight is 164 g/mol. The Hall–Kier alpha value is -0.920. The van der Waals surface area contributed by atoms with E-state index in [2.05, 4.69) is 23.8 Å². The highest BCUT2D eigenvalue weighted by Crippen LogP contribution is 2.24. The lowest BCUT2D eigenvalue weighted by molar-refractivity contribution is 0.294. The van der Waals surface area contributed by atoms with Crippen molar-refractivity contribution in [3.05, 3.63) is 24.6 Å². The minimum Gasteiger partial charge on any atom is -0.379 e. The molecule has 0 radical (unpaired) electrons. The van der Waals surface area contributed by atoms with Crippen LogP contribution >= 0.6 is 0 Å². The number of hydrogen-bond acceptors (Lipinski definition) is 2. The van der Waals surface area contributed by atoms with Gasteiger partial charge in [-0.1, -0.05) is 26.0 Å². The van der Waals surface area contributed by atoms with Crippen molar-refractivity contribution in [1.29, 1.82) is 0 Å². The van der Waals surface area contributed by atoms with Crippen LogP contribution in [0.25, 0.3) is 0 Å². The third kappa shape index (κ3) is 1.22. The van der Waals surface area contributed by atoms with E-state index in [0.29, 0.717) is 12.1 Å². The molecular weight excluding hydrogens is 148 g/mol. The molecule has 2 nitrogen and oxygen atoms in total. The van der Waals surface area contributed by atoms with Gasteiger partial charge in [0.05, 0.1) is 0 Å². The van der Waals surface area contributed by atoms with Crippen LogP contribution in [-0.4, -0.2) is 12.1 Å². The van der Waals surface area contributed by atoms with Crippen LogP contribution in [0.5, 0.6) is 0 Å². The van der Waals surface area contributed by atoms with E-state index in [9.17, 15) is 0 Å². The second-order valence-electron chi connectivity index (χ2n) is 3.74. The summed E-state index contributed by atoms with van der Waals surface area (Å²) >= 11 is 0. The zero-order valence-corrected chi connectivity index (χ0v) is 7.40. The Morgan fingerprint density at radius 2 is 1.33 bits per heavy atom. The van der Waals surface area contributed by atoms with Gasteiger partial charge >= 0.3 is 0 Å². The quantitative estimate of drug-likeness (QED) is 0.567. The first-order chi connectivity index (χ1) is 5.77. The van der Waals surface area contributed by atoms with Crippen LogP contribution in [0, 0.1) is 0 Å². The van der Waals surface area contributed by atoms with Gasteiger partial charge in [-0.25, -0.2) is 0 Å². The summed E-state index contributed by atoms with van der Waals surface area (Å²) in [6.07, 6.45) is 5.22. The van der Waals surface area contributed by atoms with Gasteiger partial charge in [-0.3, -0.25) is 0 Å². The second kappa shape index (κ2) is 2.85. The lowest BCUT2D eigenvalue weighted by Crippen LogP contribution is -2.54. The molecule has 1 aliphatic carbocycles. The summed E-state index contributed by atoms with van der Waals surface area (Å²) in [5, 5.41) is 6.82. The van der Waals surface area contributed by atoms with E-state index < -0.39 is 0 Å². The number of hydrogen-bond donors (Lipinski definition) is 2. The van der Waals surface area contributed by atoms with Gasteiger partial charge in [0.15, 0.2) is 0 Å². The van der Waals surface area contributed by atoms with Crippen LogP contribution in [-0.2, 0) is 0 Å². The van der Waals surface area contributed by atoms with Crippen LogP contribution in [0.1, 0.15) is 25.7 Å². The maximum Gasteiger partial charge on any atom is 0.0499 e. The van der Waals surface area contributed by atoms with E-state index in [4.69, 9.17) is 0 Å². The van der Waals surface area contributed by atoms with Crippen molar-refractivity contribution in [2.24, 2.45) is 0 Å². The molecule has 2 unspecified atom stereocenters. The molecule has 0 aromatic carbocycles. The molecular formula is C10H16N2. The normalized spacial score (nSPS) is 35.0. The van der Waals surface area contributed by atoms with Crippen molar-refractivity contribution in [3.8, 4) is 0 Å². The summed E-state index contributed by atoms with van der Waals surface area (Å²) in [7, 11) is 0. The molecule has 2 atom stereocenters. The molecule has 1 heterocycles. The van der Waals surface area contributed by atoms with Gasteiger partial charge in [0.2, 0.25) is 0 Å². The molecule has 0 aromatic rings. The molecule has 2 rings (SSSR count). The summed E-state index contributed by atoms with van der Waals surface area (Å²) in [5.41, 5.74) is 1.94. The maximum atomic E-state index is 3.91. The van der Waals surface area contributed by atoms with E-state index in [0.717, 1.165) is 11.4 Å². The smallest absolute Gasteiger partial charge is 0.0499 e. The molecule has 2 N–H and O–H groups in total. The fourth-order valence-electron chi connectivity index (χ4n) is 2.10. The maximum absolute atomic E-state index is 3.91. The van der Waals surface area contributed by atoms with Crippen LogP contribution in [0.4, 0.5) is 0 Å². The van der Waals surface area contributed by atoms with Gasteiger partial charge in [0.25, 0.3) is 0 Å². The Morgan fingerprint density at radius 3 is 1.75 bits per heavy atom. The molecule has 66 valence electrons. The molecule has 1 saturated heterocycles. The Balaban J connectivity index is 2.07. The summed E-state index contributed by atoms with van der Waals surface area (Å²) in [5.74, 6) is 0. The Labute approximate surface area is 73.7 Å². The summed E-state index contributed by atoms with van der Waals surface area (Å²) < 4.78 is 0. The van der Waals surface area contributed by atoms with Crippen LogP contribution in [0.15, 0.2) is 24.6 Å². The minimum absolute atomic E-state index is 0.594. The molecule has 12 heavy (non-hydrogen) atoms. The fraction of sp³-hybridized carbons (Fsp3) is 0.600. The SMILES string of the molecule is C=C1NC2CCCCC2NC1=C. The molecule has 1 aliphatic heterocycles. The first-order valence-corrected chi connectivity index (χ1v) is 4.68. The molecule has 2 aliphatic rings. The molecule has 2 fully saturated rings. The van der Waals surface area contributed by atoms with Crippen molar-refractivity contribution < 1.29 is 0 Å². The predicted octanol–water partition coefficient (Wildman–Crippen LogP) is 1.52. The van der Waals surface area contributed by atoms with Crippen LogP contribution in [0.2, 0.25) is 0 Å². The van der Waals surface area contributed by atoms with E-state index in [1.54, 1.807) is 0 Å². The van der Waals surface area contributed by atoms with E-state index in [1.165, 1.54) is 25.7 Å². The van der Waals surface area contributed by atoms with Crippen molar-refractivity contribution >= 4 is 0 Å². The third-order valence-electron chi connectivity index (χ3n) is 2.85. The lowest BCUT2D eigenvalue weighted by atomic mass is 9.88. The minimum atomic E-state index is 0.594. The highest BCUT2D eigenvalue weighted by Gasteiger charge is 2.29. The van der Waals surface area contributed by atoms with Crippen LogP contribution in [0.3, 0.4) is 0 Å². The van der Waals surface area contributed by atoms with E-state index in [1.807, 2.05) is 0 Å². The highest BCUT2D eigenvalue weighted by molar-refractivity contribution is 5.27. The van der Waals surface area contributed by atoms with Crippen molar-refractivity contribution in [2.75, 3.05) is 0 Å². The molecule has 0 spiro atoms. The van der Waals surface area contributed by atoms with E-state index in [-0.39, 0.29) is 0 Å². The number of nitrogens with one attached hydrogen (secondary N) is 2. The third-order valence-corrected chi connectivity index (χ3v) is 2.85. The number of piperazine rings is 1. The van der Waals surface area contributed by atoms with Crippen molar-refractivity contribution in [2.45, 2.75) is 37.8 Å². The van der Waals surface area contributed by atoms with Crippen molar-refractivity contribution in [1.82, 2.24) is 10.6 Å². The van der Waals surface area contributed by atoms with Gasteiger partial charge in [-0.15, -0.1) is 0 Å². The topological polar surface area (TPSA) is 24.1 Å². The second-order valence-corrected chi connectivity index (χ2v) is 3.74. The number of fused-ring (bicyclic) bond motifs is 1. The van der Waals surface area contributed by atoms with Crippen molar-refractivity contribution in [3.63, 3.8) is 0 Å². The van der Waals surface area contributed by atoms with Gasteiger partial charge in [0, 0.05) is 23.5 Å². The Kier molecular flexibility index (Phi) is 1.83. The number of rotatable bonds is 0. The predicted molar refractivity (Wildman–Crippen MR) is 50.6 cm³/mol. The van der Waals surface area contributed by atoms with Crippen LogP contribution < -0.4 is 10.6 Å². The molecule has 2 heteroatoms. The Morgan fingerprint density at radius 1 is 0.917 bits per heavy atom. The highest BCUT2D eigenvalue weighted by atomic mass is 15.1.